The van der Waals surface area contributed by atoms with Gasteiger partial charge in [0.1, 0.15) is 0 Å². The summed E-state index contributed by atoms with van der Waals surface area (Å²) in [7, 11) is 1.41. The summed E-state index contributed by atoms with van der Waals surface area (Å²) in [5, 5.41) is 3.31. The predicted molar refractivity (Wildman–Crippen MR) is 54.6 cm³/mol. The van der Waals surface area contributed by atoms with E-state index >= 15 is 0 Å². The number of esters is 1. The third-order valence-electron chi connectivity index (χ3n) is 2.49. The number of rotatable bonds is 1. The summed E-state index contributed by atoms with van der Waals surface area (Å²) in [5.41, 5.74) is 2.81. The minimum absolute atomic E-state index is 0.252. The van der Waals surface area contributed by atoms with Crippen LogP contribution in [0, 0.1) is 0 Å². The van der Waals surface area contributed by atoms with Crippen LogP contribution in [0.15, 0.2) is 18.2 Å². The van der Waals surface area contributed by atoms with Crippen molar-refractivity contribution in [2.45, 2.75) is 19.4 Å². The van der Waals surface area contributed by atoms with Crippen molar-refractivity contribution in [2.24, 2.45) is 0 Å². The quantitative estimate of drug-likeness (QED) is 0.688. The van der Waals surface area contributed by atoms with Gasteiger partial charge in [0, 0.05) is 11.7 Å². The Bertz CT molecular complexity index is 374. The van der Waals surface area contributed by atoms with Crippen LogP contribution in [0.5, 0.6) is 0 Å². The molecule has 1 N–H and O–H groups in total. The van der Waals surface area contributed by atoms with Gasteiger partial charge in [0.15, 0.2) is 0 Å². The van der Waals surface area contributed by atoms with Crippen molar-refractivity contribution in [2.75, 3.05) is 12.4 Å². The lowest BCUT2D eigenvalue weighted by atomic mass is 10.0. The Morgan fingerprint density at radius 1 is 1.57 bits per heavy atom. The molecule has 1 aliphatic rings. The molecule has 0 amide bonds. The zero-order valence-corrected chi connectivity index (χ0v) is 8.33. The number of nitrogens with one attached hydrogen (secondary N) is 1. The molecule has 2 rings (SSSR count). The third-order valence-corrected chi connectivity index (χ3v) is 2.49. The van der Waals surface area contributed by atoms with Crippen LogP contribution < -0.4 is 5.32 Å². The molecule has 0 saturated heterocycles. The monoisotopic (exact) mass is 191 g/mol. The maximum Gasteiger partial charge on any atom is 0.338 e. The Kier molecular flexibility index (Phi) is 2.15. The van der Waals surface area contributed by atoms with E-state index in [9.17, 15) is 4.79 Å². The summed E-state index contributed by atoms with van der Waals surface area (Å²) in [6.07, 6.45) is 0.889. The van der Waals surface area contributed by atoms with Crippen molar-refractivity contribution in [1.82, 2.24) is 0 Å². The van der Waals surface area contributed by atoms with Crippen LogP contribution in [0.25, 0.3) is 0 Å². The van der Waals surface area contributed by atoms with E-state index in [0.717, 1.165) is 17.7 Å². The van der Waals surface area contributed by atoms with Crippen molar-refractivity contribution >= 4 is 11.7 Å². The van der Waals surface area contributed by atoms with Gasteiger partial charge in [-0.2, -0.15) is 0 Å². The van der Waals surface area contributed by atoms with Gasteiger partial charge >= 0.3 is 5.97 Å². The van der Waals surface area contributed by atoms with Crippen molar-refractivity contribution < 1.29 is 9.53 Å². The van der Waals surface area contributed by atoms with Crippen molar-refractivity contribution in [3.63, 3.8) is 0 Å². The van der Waals surface area contributed by atoms with Crippen LogP contribution in [0.3, 0.4) is 0 Å². The minimum atomic E-state index is -0.252. The van der Waals surface area contributed by atoms with E-state index in [0.29, 0.717) is 11.6 Å². The molecule has 1 heterocycles. The van der Waals surface area contributed by atoms with Gasteiger partial charge in [0.25, 0.3) is 0 Å². The summed E-state index contributed by atoms with van der Waals surface area (Å²) >= 11 is 0. The third kappa shape index (κ3) is 1.35. The van der Waals surface area contributed by atoms with E-state index < -0.39 is 0 Å². The highest BCUT2D eigenvalue weighted by Gasteiger charge is 2.22. The van der Waals surface area contributed by atoms with E-state index in [2.05, 4.69) is 12.2 Å². The van der Waals surface area contributed by atoms with E-state index in [1.165, 1.54) is 7.11 Å². The van der Waals surface area contributed by atoms with Gasteiger partial charge in [-0.05, 0) is 31.0 Å². The van der Waals surface area contributed by atoms with E-state index in [1.807, 2.05) is 18.2 Å². The molecule has 0 bridgehead atoms. The summed E-state index contributed by atoms with van der Waals surface area (Å²) in [6.45, 7) is 2.10. The highest BCUT2D eigenvalue weighted by molar-refractivity contribution is 5.93. The zero-order valence-electron chi connectivity index (χ0n) is 8.33. The van der Waals surface area contributed by atoms with Crippen LogP contribution in [-0.2, 0) is 11.2 Å². The highest BCUT2D eigenvalue weighted by Crippen LogP contribution is 2.28. The summed E-state index contributed by atoms with van der Waals surface area (Å²) < 4.78 is 4.73. The van der Waals surface area contributed by atoms with Crippen molar-refractivity contribution in [3.05, 3.63) is 29.3 Å². The Morgan fingerprint density at radius 2 is 2.36 bits per heavy atom. The Morgan fingerprint density at radius 3 is 3.07 bits per heavy atom. The van der Waals surface area contributed by atoms with E-state index in [4.69, 9.17) is 4.74 Å². The van der Waals surface area contributed by atoms with Crippen LogP contribution in [0.4, 0.5) is 5.69 Å². The van der Waals surface area contributed by atoms with Crippen LogP contribution in [0.1, 0.15) is 22.8 Å². The lowest BCUT2D eigenvalue weighted by molar-refractivity contribution is 0.0599. The molecule has 0 fully saturated rings. The number of hydrogen-bond acceptors (Lipinski definition) is 3. The van der Waals surface area contributed by atoms with Gasteiger partial charge in [-0.15, -0.1) is 0 Å². The molecular formula is C11H13NO2. The number of carbonyl (C=O) groups excluding carboxylic acids is 1. The molecule has 1 aromatic carbocycles. The first-order valence-electron chi connectivity index (χ1n) is 4.69. The largest absolute Gasteiger partial charge is 0.465 e. The number of anilines is 1. The molecule has 1 aromatic rings. The molecule has 1 atom stereocenters. The van der Waals surface area contributed by atoms with Crippen LogP contribution in [0.2, 0.25) is 0 Å². The molecule has 1 aliphatic heterocycles. The summed E-state index contributed by atoms with van der Waals surface area (Å²) in [5.74, 6) is -0.252. The fourth-order valence-corrected chi connectivity index (χ4v) is 1.87. The molecule has 0 aromatic heterocycles. The number of benzene rings is 1. The second kappa shape index (κ2) is 3.33. The second-order valence-corrected chi connectivity index (χ2v) is 3.57. The number of ether oxygens (including phenoxy) is 1. The zero-order chi connectivity index (χ0) is 10.1. The lowest BCUT2D eigenvalue weighted by Crippen LogP contribution is -2.09. The Hall–Kier alpha value is -1.51. The topological polar surface area (TPSA) is 38.3 Å². The smallest absolute Gasteiger partial charge is 0.338 e. The number of carbonyl (C=O) groups is 1. The molecule has 0 saturated carbocycles. The second-order valence-electron chi connectivity index (χ2n) is 3.57. The van der Waals surface area contributed by atoms with Gasteiger partial charge in [0.05, 0.1) is 12.7 Å². The van der Waals surface area contributed by atoms with E-state index in [-0.39, 0.29) is 5.97 Å². The number of hydrogen-bond donors (Lipinski definition) is 1. The minimum Gasteiger partial charge on any atom is -0.465 e. The van der Waals surface area contributed by atoms with Gasteiger partial charge < -0.3 is 10.1 Å². The maximum atomic E-state index is 11.4. The fraction of sp³-hybridized carbons (Fsp3) is 0.364. The SMILES string of the molecule is COC(=O)c1cccc2c1CC(C)N2. The van der Waals surface area contributed by atoms with Crippen LogP contribution >= 0.6 is 0 Å². The normalized spacial score (nSPS) is 18.6. The average molecular weight is 191 g/mol. The molecule has 1 unspecified atom stereocenters. The van der Waals surface area contributed by atoms with Gasteiger partial charge in [-0.3, -0.25) is 0 Å². The van der Waals surface area contributed by atoms with Gasteiger partial charge in [-0.25, -0.2) is 4.79 Å². The number of methoxy groups -OCH3 is 1. The number of fused-ring (bicyclic) bond motifs is 1. The Balaban J connectivity index is 2.44. The predicted octanol–water partition coefficient (Wildman–Crippen LogP) is 1.83. The molecule has 0 spiro atoms. The fourth-order valence-electron chi connectivity index (χ4n) is 1.87. The summed E-state index contributed by atoms with van der Waals surface area (Å²) in [4.78, 5) is 11.4. The molecule has 74 valence electrons. The molecule has 3 heteroatoms. The van der Waals surface area contributed by atoms with E-state index in [1.54, 1.807) is 0 Å². The summed E-state index contributed by atoms with van der Waals surface area (Å²) in [6, 6.07) is 6.07. The van der Waals surface area contributed by atoms with Crippen molar-refractivity contribution in [1.29, 1.82) is 0 Å². The highest BCUT2D eigenvalue weighted by atomic mass is 16.5. The molecule has 0 aliphatic carbocycles. The Labute approximate surface area is 83.1 Å². The van der Waals surface area contributed by atoms with Gasteiger partial charge in [-0.1, -0.05) is 6.07 Å². The van der Waals surface area contributed by atoms with Crippen molar-refractivity contribution in [3.8, 4) is 0 Å². The molecule has 0 radical (unpaired) electrons. The standard InChI is InChI=1S/C11H13NO2/c1-7-6-9-8(11(13)14-2)4-3-5-10(9)12-7/h3-5,7,12H,6H2,1-2H3. The first-order valence-corrected chi connectivity index (χ1v) is 4.69. The van der Waals surface area contributed by atoms with Gasteiger partial charge in [0.2, 0.25) is 0 Å². The van der Waals surface area contributed by atoms with Crippen LogP contribution in [-0.4, -0.2) is 19.1 Å². The first kappa shape index (κ1) is 9.06. The maximum absolute atomic E-state index is 11.4. The lowest BCUT2D eigenvalue weighted by Gasteiger charge is -2.04. The average Bonchev–Trinajstić information content (AvgIpc) is 2.56. The molecular weight excluding hydrogens is 178 g/mol. The molecule has 14 heavy (non-hydrogen) atoms. The molecule has 3 nitrogen and oxygen atoms in total. The first-order chi connectivity index (χ1) is 6.72.